The highest BCUT2D eigenvalue weighted by atomic mass is 32.2. The zero-order valence-corrected chi connectivity index (χ0v) is 14.7. The number of rotatable bonds is 4. The molecule has 0 fully saturated rings. The minimum Gasteiger partial charge on any atom is -0.480 e. The maximum Gasteiger partial charge on any atom is 0.319 e. The largest absolute Gasteiger partial charge is 0.480 e. The minimum atomic E-state index is -0.961. The summed E-state index contributed by atoms with van der Waals surface area (Å²) in [6.07, 6.45) is 1.74. The van der Waals surface area contributed by atoms with Crippen molar-refractivity contribution in [2.45, 2.75) is 23.5 Å². The van der Waals surface area contributed by atoms with Crippen molar-refractivity contribution in [3.63, 3.8) is 0 Å². The number of pyridine rings is 1. The fourth-order valence-electron chi connectivity index (χ4n) is 2.55. The lowest BCUT2D eigenvalue weighted by molar-refractivity contribution is -0.138. The molecule has 0 aliphatic rings. The Morgan fingerprint density at radius 2 is 1.88 bits per heavy atom. The highest BCUT2D eigenvalue weighted by molar-refractivity contribution is 8.01. The predicted molar refractivity (Wildman–Crippen MR) is 99.5 cm³/mol. The summed E-state index contributed by atoms with van der Waals surface area (Å²) in [7, 11) is 0. The number of nitriles is 1. The SMILES string of the molecule is CC(C)(Sc1ccc2ncccc2c1-c1ccc(C#N)cc1)C(=O)O. The Hall–Kier alpha value is -2.84. The molecule has 3 aromatic rings. The van der Waals surface area contributed by atoms with Crippen molar-refractivity contribution in [1.82, 2.24) is 4.98 Å². The van der Waals surface area contributed by atoms with Gasteiger partial charge in [0.15, 0.2) is 0 Å². The van der Waals surface area contributed by atoms with E-state index in [4.69, 9.17) is 5.26 Å². The Morgan fingerprint density at radius 1 is 1.16 bits per heavy atom. The lowest BCUT2D eigenvalue weighted by Gasteiger charge is -2.21. The van der Waals surface area contributed by atoms with Gasteiger partial charge < -0.3 is 5.11 Å². The van der Waals surface area contributed by atoms with Crippen LogP contribution < -0.4 is 0 Å². The average Bonchev–Trinajstić information content (AvgIpc) is 2.61. The quantitative estimate of drug-likeness (QED) is 0.690. The topological polar surface area (TPSA) is 74.0 Å². The van der Waals surface area contributed by atoms with Crippen LogP contribution in [-0.2, 0) is 4.79 Å². The first-order valence-electron chi connectivity index (χ1n) is 7.73. The average molecular weight is 348 g/mol. The van der Waals surface area contributed by atoms with Gasteiger partial charge in [0.2, 0.25) is 0 Å². The summed E-state index contributed by atoms with van der Waals surface area (Å²) in [5.74, 6) is -0.866. The van der Waals surface area contributed by atoms with Crippen molar-refractivity contribution in [2.75, 3.05) is 0 Å². The zero-order chi connectivity index (χ0) is 18.0. The molecule has 0 atom stereocenters. The van der Waals surface area contributed by atoms with Gasteiger partial charge >= 0.3 is 5.97 Å². The lowest BCUT2D eigenvalue weighted by atomic mass is 9.99. The monoisotopic (exact) mass is 348 g/mol. The molecule has 1 N–H and O–H groups in total. The van der Waals surface area contributed by atoms with Crippen LogP contribution in [0.5, 0.6) is 0 Å². The summed E-state index contributed by atoms with van der Waals surface area (Å²) in [6.45, 7) is 3.38. The fraction of sp³-hybridized carbons (Fsp3) is 0.150. The molecule has 4 nitrogen and oxygen atoms in total. The third kappa shape index (κ3) is 3.35. The third-order valence-electron chi connectivity index (χ3n) is 3.93. The number of hydrogen-bond donors (Lipinski definition) is 1. The second-order valence-electron chi connectivity index (χ2n) is 6.12. The van der Waals surface area contributed by atoms with E-state index in [1.165, 1.54) is 11.8 Å². The summed E-state index contributed by atoms with van der Waals surface area (Å²) in [5, 5.41) is 19.4. The van der Waals surface area contributed by atoms with Gasteiger partial charge in [-0.25, -0.2) is 0 Å². The van der Waals surface area contributed by atoms with E-state index in [2.05, 4.69) is 11.1 Å². The molecule has 5 heteroatoms. The van der Waals surface area contributed by atoms with Gasteiger partial charge in [0.1, 0.15) is 4.75 Å². The summed E-state index contributed by atoms with van der Waals surface area (Å²) >= 11 is 1.31. The number of thioether (sulfide) groups is 1. The van der Waals surface area contributed by atoms with E-state index in [1.807, 2.05) is 36.4 Å². The van der Waals surface area contributed by atoms with E-state index in [0.29, 0.717) is 5.56 Å². The number of carboxylic acids is 1. The van der Waals surface area contributed by atoms with Gasteiger partial charge in [-0.05, 0) is 49.7 Å². The van der Waals surface area contributed by atoms with E-state index < -0.39 is 10.7 Å². The number of hydrogen-bond acceptors (Lipinski definition) is 4. The number of carbonyl (C=O) groups is 1. The molecule has 1 aromatic heterocycles. The van der Waals surface area contributed by atoms with Crippen LogP contribution >= 0.6 is 11.8 Å². The van der Waals surface area contributed by atoms with Crippen LogP contribution in [0.1, 0.15) is 19.4 Å². The third-order valence-corrected chi connectivity index (χ3v) is 5.17. The van der Waals surface area contributed by atoms with Crippen LogP contribution in [0.4, 0.5) is 0 Å². The van der Waals surface area contributed by atoms with Crippen LogP contribution in [0.15, 0.2) is 59.6 Å². The molecule has 25 heavy (non-hydrogen) atoms. The first-order valence-corrected chi connectivity index (χ1v) is 8.55. The summed E-state index contributed by atoms with van der Waals surface area (Å²) < 4.78 is -0.961. The van der Waals surface area contributed by atoms with Crippen LogP contribution in [0.2, 0.25) is 0 Å². The Bertz CT molecular complexity index is 989. The van der Waals surface area contributed by atoms with Gasteiger partial charge in [-0.1, -0.05) is 18.2 Å². The maximum atomic E-state index is 11.6. The molecule has 0 saturated carbocycles. The molecule has 1 heterocycles. The molecular formula is C20H16N2O2S. The van der Waals surface area contributed by atoms with Gasteiger partial charge in [0, 0.05) is 22.0 Å². The summed E-state index contributed by atoms with van der Waals surface area (Å²) in [4.78, 5) is 16.8. The molecule has 0 saturated heterocycles. The number of carboxylic acid groups (broad SMARTS) is 1. The Morgan fingerprint density at radius 3 is 2.52 bits per heavy atom. The van der Waals surface area contributed by atoms with Gasteiger partial charge in [0.05, 0.1) is 17.1 Å². The molecule has 0 bridgehead atoms. The van der Waals surface area contributed by atoms with Crippen molar-refractivity contribution >= 4 is 28.6 Å². The van der Waals surface area contributed by atoms with E-state index >= 15 is 0 Å². The highest BCUT2D eigenvalue weighted by Crippen LogP contribution is 2.42. The first kappa shape index (κ1) is 17.0. The van der Waals surface area contributed by atoms with Gasteiger partial charge in [0.25, 0.3) is 0 Å². The molecule has 0 amide bonds. The van der Waals surface area contributed by atoms with Gasteiger partial charge in [-0.3, -0.25) is 9.78 Å². The fourth-order valence-corrected chi connectivity index (χ4v) is 3.65. The number of benzene rings is 2. The smallest absolute Gasteiger partial charge is 0.319 e. The number of nitrogens with zero attached hydrogens (tertiary/aromatic N) is 2. The number of aliphatic carboxylic acids is 1. The van der Waals surface area contributed by atoms with Crippen molar-refractivity contribution in [1.29, 1.82) is 5.26 Å². The first-order chi connectivity index (χ1) is 11.9. The lowest BCUT2D eigenvalue weighted by Crippen LogP contribution is -2.27. The maximum absolute atomic E-state index is 11.6. The molecule has 2 aromatic carbocycles. The minimum absolute atomic E-state index is 0.585. The van der Waals surface area contributed by atoms with E-state index in [-0.39, 0.29) is 0 Å². The Labute approximate surface area is 150 Å². The second kappa shape index (κ2) is 6.58. The molecule has 124 valence electrons. The second-order valence-corrected chi connectivity index (χ2v) is 7.78. The summed E-state index contributed by atoms with van der Waals surface area (Å²) in [5.41, 5.74) is 3.30. The Kier molecular flexibility index (Phi) is 4.47. The highest BCUT2D eigenvalue weighted by Gasteiger charge is 2.30. The Balaban J connectivity index is 2.23. The van der Waals surface area contributed by atoms with Crippen LogP contribution in [-0.4, -0.2) is 20.8 Å². The number of aromatic nitrogens is 1. The molecule has 0 spiro atoms. The molecule has 0 radical (unpaired) electrons. The van der Waals surface area contributed by atoms with Crippen LogP contribution in [0.25, 0.3) is 22.0 Å². The zero-order valence-electron chi connectivity index (χ0n) is 13.9. The van der Waals surface area contributed by atoms with Crippen LogP contribution in [0, 0.1) is 11.3 Å². The summed E-state index contributed by atoms with van der Waals surface area (Å²) in [6, 6.07) is 17.1. The van der Waals surface area contributed by atoms with Crippen molar-refractivity contribution in [3.05, 3.63) is 60.3 Å². The standard InChI is InChI=1S/C20H16N2O2S/c1-20(2,19(23)24)25-17-10-9-16-15(4-3-11-22-16)18(17)14-7-5-13(12-21)6-8-14/h3-11H,1-2H3,(H,23,24). The predicted octanol–water partition coefficient (Wildman–Crippen LogP) is 4.73. The van der Waals surface area contributed by atoms with Gasteiger partial charge in [-0.2, -0.15) is 5.26 Å². The van der Waals surface area contributed by atoms with Crippen molar-refractivity contribution < 1.29 is 9.90 Å². The molecule has 0 unspecified atom stereocenters. The van der Waals surface area contributed by atoms with Gasteiger partial charge in [-0.15, -0.1) is 11.8 Å². The molecule has 0 aliphatic heterocycles. The normalized spacial score (nSPS) is 11.2. The van der Waals surface area contributed by atoms with E-state index in [9.17, 15) is 9.90 Å². The van der Waals surface area contributed by atoms with Crippen molar-refractivity contribution in [3.8, 4) is 17.2 Å². The molecule has 0 aliphatic carbocycles. The van der Waals surface area contributed by atoms with Crippen LogP contribution in [0.3, 0.4) is 0 Å². The van der Waals surface area contributed by atoms with Crippen molar-refractivity contribution in [2.24, 2.45) is 0 Å². The van der Waals surface area contributed by atoms with E-state index in [1.54, 1.807) is 32.2 Å². The molecular weight excluding hydrogens is 332 g/mol. The van der Waals surface area contributed by atoms with E-state index in [0.717, 1.165) is 26.9 Å². The molecule has 3 rings (SSSR count). The number of fused-ring (bicyclic) bond motifs is 1.